The quantitative estimate of drug-likeness (QED) is 0.751. The van der Waals surface area contributed by atoms with Crippen molar-refractivity contribution in [3.8, 4) is 5.75 Å². The molecule has 0 aliphatic heterocycles. The van der Waals surface area contributed by atoms with E-state index in [0.717, 1.165) is 30.6 Å². The SMILES string of the molecule is NC1(CO)CCCC(Oc2cccc(CO)c2)C1. The highest BCUT2D eigenvalue weighted by molar-refractivity contribution is 5.28. The molecule has 4 N–H and O–H groups in total. The van der Waals surface area contributed by atoms with E-state index in [1.54, 1.807) is 0 Å². The fraction of sp³-hybridized carbons (Fsp3) is 0.571. The summed E-state index contributed by atoms with van der Waals surface area (Å²) in [6.07, 6.45) is 3.50. The Morgan fingerprint density at radius 2 is 2.22 bits per heavy atom. The molecule has 1 aromatic carbocycles. The topological polar surface area (TPSA) is 75.7 Å². The van der Waals surface area contributed by atoms with Gasteiger partial charge in [-0.3, -0.25) is 0 Å². The van der Waals surface area contributed by atoms with Crippen LogP contribution in [0.5, 0.6) is 5.75 Å². The van der Waals surface area contributed by atoms with Crippen molar-refractivity contribution in [3.05, 3.63) is 29.8 Å². The van der Waals surface area contributed by atoms with E-state index in [0.29, 0.717) is 6.42 Å². The summed E-state index contributed by atoms with van der Waals surface area (Å²) in [5, 5.41) is 18.4. The smallest absolute Gasteiger partial charge is 0.120 e. The van der Waals surface area contributed by atoms with Crippen LogP contribution in [0.15, 0.2) is 24.3 Å². The summed E-state index contributed by atoms with van der Waals surface area (Å²) in [5.74, 6) is 0.758. The summed E-state index contributed by atoms with van der Waals surface area (Å²) in [6, 6.07) is 7.44. The van der Waals surface area contributed by atoms with Crippen molar-refractivity contribution in [2.24, 2.45) is 5.73 Å². The van der Waals surface area contributed by atoms with Gasteiger partial charge in [-0.05, 0) is 37.0 Å². The fourth-order valence-corrected chi connectivity index (χ4v) is 2.49. The minimum Gasteiger partial charge on any atom is -0.490 e. The van der Waals surface area contributed by atoms with Crippen LogP contribution in [0.1, 0.15) is 31.2 Å². The summed E-state index contributed by atoms with van der Waals surface area (Å²) in [6.45, 7) is 0.0167. The zero-order valence-corrected chi connectivity index (χ0v) is 10.5. The van der Waals surface area contributed by atoms with Gasteiger partial charge in [-0.25, -0.2) is 0 Å². The third-order valence-corrected chi connectivity index (χ3v) is 3.53. The van der Waals surface area contributed by atoms with Crippen molar-refractivity contribution >= 4 is 0 Å². The van der Waals surface area contributed by atoms with Gasteiger partial charge < -0.3 is 20.7 Å². The molecule has 0 saturated heterocycles. The van der Waals surface area contributed by atoms with Crippen LogP contribution < -0.4 is 10.5 Å². The third-order valence-electron chi connectivity index (χ3n) is 3.53. The average molecular weight is 251 g/mol. The maximum Gasteiger partial charge on any atom is 0.120 e. The van der Waals surface area contributed by atoms with Gasteiger partial charge in [-0.1, -0.05) is 12.1 Å². The van der Waals surface area contributed by atoms with Gasteiger partial charge in [0.25, 0.3) is 0 Å². The van der Waals surface area contributed by atoms with Crippen LogP contribution in [-0.2, 0) is 6.61 Å². The first-order valence-electron chi connectivity index (χ1n) is 6.41. The Balaban J connectivity index is 2.00. The molecule has 0 heterocycles. The summed E-state index contributed by atoms with van der Waals surface area (Å²) in [7, 11) is 0. The van der Waals surface area contributed by atoms with E-state index in [-0.39, 0.29) is 19.3 Å². The van der Waals surface area contributed by atoms with E-state index in [2.05, 4.69) is 0 Å². The second kappa shape index (κ2) is 5.69. The minimum absolute atomic E-state index is 0.00351. The van der Waals surface area contributed by atoms with Gasteiger partial charge in [-0.2, -0.15) is 0 Å². The Morgan fingerprint density at radius 1 is 1.39 bits per heavy atom. The zero-order chi connectivity index (χ0) is 13.0. The normalized spacial score (nSPS) is 28.1. The van der Waals surface area contributed by atoms with E-state index < -0.39 is 5.54 Å². The largest absolute Gasteiger partial charge is 0.490 e. The highest BCUT2D eigenvalue weighted by Crippen LogP contribution is 2.29. The van der Waals surface area contributed by atoms with Gasteiger partial charge in [0.05, 0.1) is 13.2 Å². The van der Waals surface area contributed by atoms with Gasteiger partial charge in [0.1, 0.15) is 11.9 Å². The molecular weight excluding hydrogens is 230 g/mol. The summed E-state index contributed by atoms with van der Waals surface area (Å²) < 4.78 is 5.89. The molecule has 0 amide bonds. The maximum absolute atomic E-state index is 9.30. The molecule has 4 nitrogen and oxygen atoms in total. The van der Waals surface area contributed by atoms with Crippen LogP contribution in [-0.4, -0.2) is 28.5 Å². The van der Waals surface area contributed by atoms with Gasteiger partial charge in [0.15, 0.2) is 0 Å². The first-order valence-corrected chi connectivity index (χ1v) is 6.41. The monoisotopic (exact) mass is 251 g/mol. The second-order valence-corrected chi connectivity index (χ2v) is 5.16. The van der Waals surface area contributed by atoms with Crippen LogP contribution in [0.2, 0.25) is 0 Å². The number of nitrogens with two attached hydrogens (primary N) is 1. The predicted octanol–water partition coefficient (Wildman–Crippen LogP) is 1.19. The highest BCUT2D eigenvalue weighted by atomic mass is 16.5. The molecule has 2 rings (SSSR count). The summed E-state index contributed by atoms with van der Waals surface area (Å²) in [5.41, 5.74) is 6.42. The van der Waals surface area contributed by atoms with Gasteiger partial charge in [-0.15, -0.1) is 0 Å². The molecule has 0 spiro atoms. The first kappa shape index (κ1) is 13.3. The van der Waals surface area contributed by atoms with Crippen molar-refractivity contribution in [2.45, 2.75) is 43.9 Å². The molecule has 1 aromatic rings. The van der Waals surface area contributed by atoms with Crippen molar-refractivity contribution < 1.29 is 14.9 Å². The minimum atomic E-state index is -0.502. The molecule has 1 aliphatic carbocycles. The van der Waals surface area contributed by atoms with E-state index in [1.807, 2.05) is 24.3 Å². The van der Waals surface area contributed by atoms with Crippen LogP contribution in [0.3, 0.4) is 0 Å². The average Bonchev–Trinajstić information content (AvgIpc) is 2.39. The predicted molar refractivity (Wildman–Crippen MR) is 69.3 cm³/mol. The molecule has 2 atom stereocenters. The Kier molecular flexibility index (Phi) is 4.22. The van der Waals surface area contributed by atoms with Crippen molar-refractivity contribution in [3.63, 3.8) is 0 Å². The fourth-order valence-electron chi connectivity index (χ4n) is 2.49. The lowest BCUT2D eigenvalue weighted by atomic mass is 9.81. The standard InChI is InChI=1S/C14H21NO3/c15-14(10-17)6-2-5-13(8-14)18-12-4-1-3-11(7-12)9-16/h1,3-4,7,13,16-17H,2,5-6,8-10,15H2. The summed E-state index contributed by atoms with van der Waals surface area (Å²) in [4.78, 5) is 0. The Hall–Kier alpha value is -1.10. The molecule has 1 saturated carbocycles. The molecule has 1 fully saturated rings. The third kappa shape index (κ3) is 3.22. The number of ether oxygens (including phenoxy) is 1. The lowest BCUT2D eigenvalue weighted by Gasteiger charge is -2.36. The molecule has 0 aromatic heterocycles. The van der Waals surface area contributed by atoms with E-state index >= 15 is 0 Å². The number of benzene rings is 1. The first-order chi connectivity index (χ1) is 8.65. The van der Waals surface area contributed by atoms with Gasteiger partial charge in [0, 0.05) is 12.0 Å². The number of aliphatic hydroxyl groups excluding tert-OH is 2. The summed E-state index contributed by atoms with van der Waals surface area (Å²) >= 11 is 0. The lowest BCUT2D eigenvalue weighted by Crippen LogP contribution is -2.50. The zero-order valence-electron chi connectivity index (χ0n) is 10.5. The van der Waals surface area contributed by atoms with Crippen LogP contribution in [0.4, 0.5) is 0 Å². The maximum atomic E-state index is 9.30. The Labute approximate surface area is 107 Å². The molecule has 2 unspecified atom stereocenters. The molecule has 18 heavy (non-hydrogen) atoms. The van der Waals surface area contributed by atoms with Crippen molar-refractivity contribution in [1.29, 1.82) is 0 Å². The van der Waals surface area contributed by atoms with Gasteiger partial charge >= 0.3 is 0 Å². The second-order valence-electron chi connectivity index (χ2n) is 5.16. The van der Waals surface area contributed by atoms with Gasteiger partial charge in [0.2, 0.25) is 0 Å². The van der Waals surface area contributed by atoms with Crippen molar-refractivity contribution in [1.82, 2.24) is 0 Å². The molecule has 1 aliphatic rings. The van der Waals surface area contributed by atoms with E-state index in [4.69, 9.17) is 15.6 Å². The van der Waals surface area contributed by atoms with Crippen molar-refractivity contribution in [2.75, 3.05) is 6.61 Å². The lowest BCUT2D eigenvalue weighted by molar-refractivity contribution is 0.0728. The molecule has 0 radical (unpaired) electrons. The molecule has 0 bridgehead atoms. The van der Waals surface area contributed by atoms with Crippen LogP contribution >= 0.6 is 0 Å². The highest BCUT2D eigenvalue weighted by Gasteiger charge is 2.33. The van der Waals surface area contributed by atoms with Crippen LogP contribution in [0, 0.1) is 0 Å². The Bertz CT molecular complexity index is 396. The van der Waals surface area contributed by atoms with E-state index in [1.165, 1.54) is 0 Å². The molecule has 100 valence electrons. The molecular formula is C14H21NO3. The number of aliphatic hydroxyl groups is 2. The molecule has 4 heteroatoms. The number of hydrogen-bond acceptors (Lipinski definition) is 4. The number of rotatable bonds is 4. The number of hydrogen-bond donors (Lipinski definition) is 3. The Morgan fingerprint density at radius 3 is 2.94 bits per heavy atom. The van der Waals surface area contributed by atoms with E-state index in [9.17, 15) is 5.11 Å². The van der Waals surface area contributed by atoms with Crippen LogP contribution in [0.25, 0.3) is 0 Å².